The Morgan fingerprint density at radius 3 is 2.41 bits per heavy atom. The number of H-pyrrole nitrogens is 1. The lowest BCUT2D eigenvalue weighted by molar-refractivity contribution is -0.137. The Morgan fingerprint density at radius 1 is 1.07 bits per heavy atom. The number of hydrogen-bond donors (Lipinski definition) is 4. The van der Waals surface area contributed by atoms with E-state index in [1.165, 1.54) is 0 Å². The molecule has 0 aliphatic heterocycles. The van der Waals surface area contributed by atoms with E-state index in [0.29, 0.717) is 25.1 Å². The first-order valence-electron chi connectivity index (χ1n) is 13.3. The number of aromatic amines is 1. The van der Waals surface area contributed by atoms with Crippen LogP contribution in [-0.4, -0.2) is 57.4 Å². The predicted octanol–water partition coefficient (Wildman–Crippen LogP) is 4.40. The van der Waals surface area contributed by atoms with E-state index in [1.807, 2.05) is 69.8 Å². The summed E-state index contributed by atoms with van der Waals surface area (Å²) in [5, 5.41) is 19.8. The second-order valence-electron chi connectivity index (χ2n) is 10.1. The molecule has 2 aromatic heterocycles. The van der Waals surface area contributed by atoms with E-state index in [4.69, 9.17) is 21.4 Å². The van der Waals surface area contributed by atoms with E-state index in [-0.39, 0.29) is 6.54 Å². The van der Waals surface area contributed by atoms with Crippen LogP contribution in [0.1, 0.15) is 45.0 Å². The molecule has 0 saturated carbocycles. The maximum absolute atomic E-state index is 13.3. The van der Waals surface area contributed by atoms with Crippen molar-refractivity contribution >= 4 is 40.3 Å². The molecule has 0 aliphatic rings. The number of aliphatic carboxylic acids is 1. The largest absolute Gasteiger partial charge is 0.494 e. The Kier molecular flexibility index (Phi) is 9.02. The number of ether oxygens (including phenoxy) is 1. The number of nitrogens with one attached hydrogen (secondary N) is 3. The summed E-state index contributed by atoms with van der Waals surface area (Å²) in [5.41, 5.74) is 7.61. The van der Waals surface area contributed by atoms with Crippen LogP contribution in [0.15, 0.2) is 30.3 Å². The van der Waals surface area contributed by atoms with E-state index >= 15 is 0 Å². The molecule has 216 valence electrons. The van der Waals surface area contributed by atoms with Gasteiger partial charge in [-0.3, -0.25) is 19.1 Å². The van der Waals surface area contributed by atoms with Crippen molar-refractivity contribution < 1.29 is 24.2 Å². The molecule has 4 N–H and O–H groups in total. The predicted molar refractivity (Wildman–Crippen MR) is 158 cm³/mol. The average molecular weight is 580 g/mol. The molecule has 11 heteroatoms. The molecule has 4 rings (SSSR count). The topological polar surface area (TPSA) is 138 Å². The smallest absolute Gasteiger partial charge is 0.322 e. The number of carbonyl (C=O) groups is 3. The number of benzene rings is 2. The highest BCUT2D eigenvalue weighted by Gasteiger charge is 2.22. The van der Waals surface area contributed by atoms with Gasteiger partial charge in [0.15, 0.2) is 0 Å². The van der Waals surface area contributed by atoms with Crippen molar-refractivity contribution in [1.29, 1.82) is 0 Å². The lowest BCUT2D eigenvalue weighted by Gasteiger charge is -2.11. The van der Waals surface area contributed by atoms with E-state index in [2.05, 4.69) is 20.7 Å². The fourth-order valence-electron chi connectivity index (χ4n) is 5.01. The first-order valence-corrected chi connectivity index (χ1v) is 13.7. The Labute approximate surface area is 243 Å². The number of fused-ring (bicyclic) bond motifs is 1. The second kappa shape index (κ2) is 12.5. The van der Waals surface area contributed by atoms with Crippen LogP contribution in [0.25, 0.3) is 22.0 Å². The number of amides is 2. The molecule has 0 saturated heterocycles. The number of para-hydroxylation sites is 1. The van der Waals surface area contributed by atoms with Gasteiger partial charge in [0.2, 0.25) is 5.91 Å². The van der Waals surface area contributed by atoms with E-state index in [1.54, 1.807) is 0 Å². The van der Waals surface area contributed by atoms with Gasteiger partial charge in [-0.25, -0.2) is 0 Å². The van der Waals surface area contributed by atoms with Gasteiger partial charge in [0.05, 0.1) is 24.4 Å². The minimum Gasteiger partial charge on any atom is -0.494 e. The Morgan fingerprint density at radius 2 is 1.78 bits per heavy atom. The van der Waals surface area contributed by atoms with Crippen molar-refractivity contribution in [2.24, 2.45) is 7.05 Å². The van der Waals surface area contributed by atoms with Crippen LogP contribution >= 0.6 is 11.6 Å². The van der Waals surface area contributed by atoms with Crippen LogP contribution in [0.3, 0.4) is 0 Å². The number of carbonyl (C=O) groups excluding carboxylic acids is 2. The van der Waals surface area contributed by atoms with Crippen LogP contribution < -0.4 is 15.4 Å². The molecule has 10 nitrogen and oxygen atoms in total. The van der Waals surface area contributed by atoms with Crippen molar-refractivity contribution in [2.75, 3.05) is 19.7 Å². The van der Waals surface area contributed by atoms with Crippen molar-refractivity contribution in [3.05, 3.63) is 69.1 Å². The monoisotopic (exact) mass is 579 g/mol. The van der Waals surface area contributed by atoms with Gasteiger partial charge in [-0.15, -0.1) is 0 Å². The molecule has 0 unspecified atom stereocenters. The van der Waals surface area contributed by atoms with E-state index in [9.17, 15) is 14.4 Å². The molecule has 2 heterocycles. The van der Waals surface area contributed by atoms with Crippen LogP contribution in [-0.2, 0) is 23.1 Å². The summed E-state index contributed by atoms with van der Waals surface area (Å²) in [4.78, 5) is 39.4. The van der Waals surface area contributed by atoms with E-state index in [0.717, 1.165) is 60.9 Å². The molecule has 41 heavy (non-hydrogen) atoms. The molecule has 0 aliphatic carbocycles. The molecule has 0 fully saturated rings. The van der Waals surface area contributed by atoms with Gasteiger partial charge in [0.1, 0.15) is 18.0 Å². The number of aryl methyl sites for hydroxylation is 5. The summed E-state index contributed by atoms with van der Waals surface area (Å²) in [6.07, 6.45) is 1.16. The molecule has 2 aromatic carbocycles. The van der Waals surface area contributed by atoms with Crippen molar-refractivity contribution in [2.45, 2.75) is 40.5 Å². The van der Waals surface area contributed by atoms with Gasteiger partial charge in [-0.1, -0.05) is 29.8 Å². The molecule has 4 aromatic rings. The molecule has 0 spiro atoms. The zero-order valence-electron chi connectivity index (χ0n) is 23.8. The fraction of sp³-hybridized carbons (Fsp3) is 0.333. The summed E-state index contributed by atoms with van der Waals surface area (Å²) in [7, 11) is 1.89. The average Bonchev–Trinajstić information content (AvgIpc) is 3.42. The van der Waals surface area contributed by atoms with E-state index < -0.39 is 24.3 Å². The van der Waals surface area contributed by atoms with Crippen LogP contribution in [0.2, 0.25) is 5.02 Å². The molecule has 0 radical (unpaired) electrons. The maximum Gasteiger partial charge on any atom is 0.322 e. The number of carboxylic acid groups (broad SMARTS) is 1. The zero-order valence-corrected chi connectivity index (χ0v) is 24.5. The maximum atomic E-state index is 13.3. The molecular formula is C30H34ClN5O5. The van der Waals surface area contributed by atoms with Crippen LogP contribution in [0.4, 0.5) is 0 Å². The highest BCUT2D eigenvalue weighted by Crippen LogP contribution is 2.35. The molecular weight excluding hydrogens is 546 g/mol. The SMILES string of the molecule is Cc1cc(OCCCc2c(C(=O)NCC(=O)NCC(=O)O)[nH]c3c(-c4c(C)nn(C)c4C)cccc23)cc(C)c1Cl. The van der Waals surface area contributed by atoms with Crippen LogP contribution in [0, 0.1) is 27.7 Å². The third kappa shape index (κ3) is 6.54. The fourth-order valence-corrected chi connectivity index (χ4v) is 5.12. The minimum atomic E-state index is -1.16. The highest BCUT2D eigenvalue weighted by atomic mass is 35.5. The molecule has 2 amide bonds. The summed E-state index contributed by atoms with van der Waals surface area (Å²) in [6, 6.07) is 9.72. The van der Waals surface area contributed by atoms with Crippen LogP contribution in [0.5, 0.6) is 5.75 Å². The lowest BCUT2D eigenvalue weighted by Crippen LogP contribution is -2.39. The number of rotatable bonds is 11. The minimum absolute atomic E-state index is 0.343. The Bertz CT molecular complexity index is 1610. The van der Waals surface area contributed by atoms with Gasteiger partial charge in [-0.05, 0) is 69.4 Å². The lowest BCUT2D eigenvalue weighted by atomic mass is 9.98. The quantitative estimate of drug-likeness (QED) is 0.194. The van der Waals surface area contributed by atoms with Crippen molar-refractivity contribution in [3.63, 3.8) is 0 Å². The first kappa shape index (κ1) is 29.7. The number of nitrogens with zero attached hydrogens (tertiary/aromatic N) is 2. The first-order chi connectivity index (χ1) is 19.5. The number of carboxylic acids is 1. The van der Waals surface area contributed by atoms with Gasteiger partial charge in [0.25, 0.3) is 5.91 Å². The van der Waals surface area contributed by atoms with Gasteiger partial charge in [-0.2, -0.15) is 5.10 Å². The Hall–Kier alpha value is -4.31. The van der Waals surface area contributed by atoms with Gasteiger partial charge >= 0.3 is 5.97 Å². The number of aromatic nitrogens is 3. The van der Waals surface area contributed by atoms with Crippen molar-refractivity contribution in [3.8, 4) is 16.9 Å². The Balaban J connectivity index is 1.62. The summed E-state index contributed by atoms with van der Waals surface area (Å²) in [6.45, 7) is 7.37. The number of hydrogen-bond acceptors (Lipinski definition) is 5. The third-order valence-corrected chi connectivity index (χ3v) is 7.64. The molecule has 0 atom stereocenters. The van der Waals surface area contributed by atoms with Gasteiger partial charge < -0.3 is 25.5 Å². The summed E-state index contributed by atoms with van der Waals surface area (Å²) in [5.74, 6) is -1.49. The standard InChI is InChI=1S/C30H34ClN5O5/c1-16-12-20(13-17(2)27(16)31)41-11-7-10-22-21-8-6-9-23(26-18(3)35-36(5)19(26)4)28(21)34-29(22)30(40)33-14-24(37)32-15-25(38)39/h6,8-9,12-13,34H,7,10-11,14-15H2,1-5H3,(H,32,37)(H,33,40)(H,38,39). The van der Waals surface area contributed by atoms with Gasteiger partial charge in [0, 0.05) is 34.3 Å². The third-order valence-electron chi connectivity index (χ3n) is 7.04. The number of halogens is 1. The summed E-state index contributed by atoms with van der Waals surface area (Å²) < 4.78 is 7.83. The van der Waals surface area contributed by atoms with Crippen molar-refractivity contribution in [1.82, 2.24) is 25.4 Å². The molecule has 0 bridgehead atoms. The summed E-state index contributed by atoms with van der Waals surface area (Å²) >= 11 is 6.28. The highest BCUT2D eigenvalue weighted by molar-refractivity contribution is 6.32. The second-order valence-corrected chi connectivity index (χ2v) is 10.4. The zero-order chi connectivity index (χ0) is 29.8. The normalized spacial score (nSPS) is 11.1.